The maximum atomic E-state index is 12.7. The van der Waals surface area contributed by atoms with Crippen LogP contribution in [0.4, 0.5) is 5.13 Å². The van der Waals surface area contributed by atoms with E-state index in [9.17, 15) is 9.59 Å². The first kappa shape index (κ1) is 20.9. The van der Waals surface area contributed by atoms with E-state index in [4.69, 9.17) is 9.47 Å². The molecule has 0 bridgehead atoms. The summed E-state index contributed by atoms with van der Waals surface area (Å²) in [5, 5.41) is 9.29. The number of hydrogen-bond acceptors (Lipinski definition) is 7. The summed E-state index contributed by atoms with van der Waals surface area (Å²) in [5.41, 5.74) is 2.73. The standard InChI is InChI=1S/C24H20N4O4S/c29-22-9-7-19(27-28(22)11-13-31-18-4-2-1-3-5-18)23(30)26-24-25-20(15-33-24)16-6-8-21-17(14-16)10-12-32-21/h1-9,14-15H,10-13H2,(H,25,26,30). The Bertz CT molecular complexity index is 1350. The lowest BCUT2D eigenvalue weighted by Gasteiger charge is -2.08. The van der Waals surface area contributed by atoms with E-state index in [1.54, 1.807) is 0 Å². The van der Waals surface area contributed by atoms with Crippen molar-refractivity contribution in [2.75, 3.05) is 18.5 Å². The van der Waals surface area contributed by atoms with Gasteiger partial charge in [0.05, 0.1) is 18.8 Å². The molecule has 33 heavy (non-hydrogen) atoms. The molecule has 8 nitrogen and oxygen atoms in total. The number of thiazole rings is 1. The van der Waals surface area contributed by atoms with E-state index in [1.807, 2.05) is 47.8 Å². The van der Waals surface area contributed by atoms with Gasteiger partial charge >= 0.3 is 0 Å². The summed E-state index contributed by atoms with van der Waals surface area (Å²) in [6.45, 7) is 1.17. The Labute approximate surface area is 193 Å². The average Bonchev–Trinajstić information content (AvgIpc) is 3.50. The third-order valence-corrected chi connectivity index (χ3v) is 5.88. The Balaban J connectivity index is 1.24. The van der Waals surface area contributed by atoms with Crippen molar-refractivity contribution in [2.45, 2.75) is 13.0 Å². The topological polar surface area (TPSA) is 95.3 Å². The molecule has 2 aromatic heterocycles. The Morgan fingerprint density at radius 3 is 2.91 bits per heavy atom. The van der Waals surface area contributed by atoms with Crippen molar-refractivity contribution in [1.82, 2.24) is 14.8 Å². The smallest absolute Gasteiger partial charge is 0.277 e. The Morgan fingerprint density at radius 1 is 1.15 bits per heavy atom. The molecule has 0 saturated carbocycles. The Morgan fingerprint density at radius 2 is 2.03 bits per heavy atom. The van der Waals surface area contributed by atoms with Crippen molar-refractivity contribution >= 4 is 22.4 Å². The lowest BCUT2D eigenvalue weighted by molar-refractivity contribution is 0.101. The van der Waals surface area contributed by atoms with Crippen molar-refractivity contribution in [3.8, 4) is 22.8 Å². The van der Waals surface area contributed by atoms with Gasteiger partial charge in [-0.1, -0.05) is 18.2 Å². The molecule has 1 aliphatic heterocycles. The molecule has 4 aromatic rings. The minimum Gasteiger partial charge on any atom is -0.493 e. The number of nitrogens with zero attached hydrogens (tertiary/aromatic N) is 3. The zero-order valence-electron chi connectivity index (χ0n) is 17.6. The molecule has 0 fully saturated rings. The highest BCUT2D eigenvalue weighted by Crippen LogP contribution is 2.32. The number of amides is 1. The van der Waals surface area contributed by atoms with Crippen molar-refractivity contribution < 1.29 is 14.3 Å². The van der Waals surface area contributed by atoms with Crippen LogP contribution < -0.4 is 20.3 Å². The molecule has 0 aliphatic carbocycles. The second-order valence-electron chi connectivity index (χ2n) is 7.35. The van der Waals surface area contributed by atoms with E-state index in [0.717, 1.165) is 29.0 Å². The van der Waals surface area contributed by atoms with Crippen LogP contribution in [0.15, 0.2) is 70.8 Å². The molecule has 0 spiro atoms. The van der Waals surface area contributed by atoms with E-state index in [1.165, 1.54) is 28.2 Å². The highest BCUT2D eigenvalue weighted by atomic mass is 32.1. The van der Waals surface area contributed by atoms with Gasteiger partial charge in [-0.3, -0.25) is 14.9 Å². The zero-order chi connectivity index (χ0) is 22.6. The fourth-order valence-electron chi connectivity index (χ4n) is 3.47. The van der Waals surface area contributed by atoms with Gasteiger partial charge in [0.2, 0.25) is 0 Å². The molecule has 0 radical (unpaired) electrons. The number of aromatic nitrogens is 3. The highest BCUT2D eigenvalue weighted by Gasteiger charge is 2.16. The average molecular weight is 461 g/mol. The van der Waals surface area contributed by atoms with Crippen LogP contribution in [0.1, 0.15) is 16.1 Å². The van der Waals surface area contributed by atoms with E-state index < -0.39 is 5.91 Å². The molecular formula is C24H20N4O4S. The van der Waals surface area contributed by atoms with Gasteiger partial charge in [0.25, 0.3) is 11.5 Å². The quantitative estimate of drug-likeness (QED) is 0.453. The summed E-state index contributed by atoms with van der Waals surface area (Å²) in [6.07, 6.45) is 0.884. The van der Waals surface area contributed by atoms with Crippen molar-refractivity contribution in [1.29, 1.82) is 0 Å². The SMILES string of the molecule is O=C(Nc1nc(-c2ccc3c(c2)CCO3)cs1)c1ccc(=O)n(CCOc2ccccc2)n1. The van der Waals surface area contributed by atoms with Crippen molar-refractivity contribution in [3.05, 3.63) is 87.7 Å². The second-order valence-corrected chi connectivity index (χ2v) is 8.21. The van der Waals surface area contributed by atoms with Crippen molar-refractivity contribution in [3.63, 3.8) is 0 Å². The number of benzene rings is 2. The monoisotopic (exact) mass is 460 g/mol. The molecule has 9 heteroatoms. The molecule has 166 valence electrons. The van der Waals surface area contributed by atoms with Gasteiger partial charge in [0, 0.05) is 23.4 Å². The summed E-state index contributed by atoms with van der Waals surface area (Å²) < 4.78 is 12.4. The molecule has 1 amide bonds. The molecule has 5 rings (SSSR count). The number of hydrogen-bond donors (Lipinski definition) is 1. The van der Waals surface area contributed by atoms with Crippen LogP contribution in [0.5, 0.6) is 11.5 Å². The number of anilines is 1. The first-order valence-corrected chi connectivity index (χ1v) is 11.3. The van der Waals surface area contributed by atoms with Crippen LogP contribution in [0.25, 0.3) is 11.3 Å². The molecule has 3 heterocycles. The Kier molecular flexibility index (Phi) is 5.86. The van der Waals surface area contributed by atoms with Crippen LogP contribution >= 0.6 is 11.3 Å². The van der Waals surface area contributed by atoms with Gasteiger partial charge < -0.3 is 9.47 Å². The number of fused-ring (bicyclic) bond motifs is 1. The van der Waals surface area contributed by atoms with E-state index in [-0.39, 0.29) is 24.4 Å². The van der Waals surface area contributed by atoms with Crippen LogP contribution in [-0.2, 0) is 13.0 Å². The van der Waals surface area contributed by atoms with Gasteiger partial charge in [0.15, 0.2) is 5.13 Å². The summed E-state index contributed by atoms with van der Waals surface area (Å²) >= 11 is 1.33. The summed E-state index contributed by atoms with van der Waals surface area (Å²) in [5.74, 6) is 1.18. The largest absolute Gasteiger partial charge is 0.493 e. The predicted octanol–water partition coefficient (Wildman–Crippen LogP) is 3.63. The third-order valence-electron chi connectivity index (χ3n) is 5.12. The Hall–Kier alpha value is -3.98. The normalized spacial score (nSPS) is 12.1. The number of carbonyl (C=O) groups excluding carboxylic acids is 1. The summed E-state index contributed by atoms with van der Waals surface area (Å²) in [6, 6.07) is 18.0. The first-order chi connectivity index (χ1) is 16.2. The predicted molar refractivity (Wildman–Crippen MR) is 125 cm³/mol. The molecule has 2 aromatic carbocycles. The van der Waals surface area contributed by atoms with Crippen LogP contribution in [0, 0.1) is 0 Å². The van der Waals surface area contributed by atoms with Crippen LogP contribution in [-0.4, -0.2) is 33.9 Å². The van der Waals surface area contributed by atoms with Gasteiger partial charge in [0.1, 0.15) is 23.8 Å². The number of nitrogens with one attached hydrogen (secondary N) is 1. The number of carbonyl (C=O) groups is 1. The minimum absolute atomic E-state index is 0.126. The second kappa shape index (κ2) is 9.25. The lowest BCUT2D eigenvalue weighted by Crippen LogP contribution is -2.28. The summed E-state index contributed by atoms with van der Waals surface area (Å²) in [4.78, 5) is 29.4. The van der Waals surface area contributed by atoms with E-state index in [2.05, 4.69) is 21.5 Å². The fourth-order valence-corrected chi connectivity index (χ4v) is 4.18. The molecule has 1 aliphatic rings. The minimum atomic E-state index is -0.434. The molecule has 1 N–H and O–H groups in total. The molecule has 0 atom stereocenters. The number of para-hydroxylation sites is 1. The van der Waals surface area contributed by atoms with Gasteiger partial charge in [-0.15, -0.1) is 11.3 Å². The highest BCUT2D eigenvalue weighted by molar-refractivity contribution is 7.14. The lowest BCUT2D eigenvalue weighted by atomic mass is 10.1. The maximum absolute atomic E-state index is 12.7. The van der Waals surface area contributed by atoms with Gasteiger partial charge in [-0.05, 0) is 42.0 Å². The van der Waals surface area contributed by atoms with Gasteiger partial charge in [-0.2, -0.15) is 5.10 Å². The van der Waals surface area contributed by atoms with E-state index >= 15 is 0 Å². The van der Waals surface area contributed by atoms with Gasteiger partial charge in [-0.25, -0.2) is 9.67 Å². The fraction of sp³-hybridized carbons (Fsp3) is 0.167. The number of ether oxygens (including phenoxy) is 2. The number of rotatable bonds is 7. The molecule has 0 saturated heterocycles. The third kappa shape index (κ3) is 4.78. The van der Waals surface area contributed by atoms with Crippen molar-refractivity contribution in [2.24, 2.45) is 0 Å². The van der Waals surface area contributed by atoms with Crippen LogP contribution in [0.3, 0.4) is 0 Å². The molecule has 0 unspecified atom stereocenters. The first-order valence-electron chi connectivity index (χ1n) is 10.4. The molecular weight excluding hydrogens is 440 g/mol. The van der Waals surface area contributed by atoms with Crippen LogP contribution in [0.2, 0.25) is 0 Å². The maximum Gasteiger partial charge on any atom is 0.277 e. The summed E-state index contributed by atoms with van der Waals surface area (Å²) in [7, 11) is 0. The zero-order valence-corrected chi connectivity index (χ0v) is 18.4. The van der Waals surface area contributed by atoms with E-state index in [0.29, 0.717) is 17.5 Å².